The minimum absolute atomic E-state index is 0.194. The fraction of sp³-hybridized carbons (Fsp3) is 0.800. The van der Waals surface area contributed by atoms with E-state index in [0.29, 0.717) is 12.5 Å². The number of nitriles is 1. The van der Waals surface area contributed by atoms with Crippen LogP contribution < -0.4 is 5.32 Å². The highest BCUT2D eigenvalue weighted by atomic mass is 16.3. The van der Waals surface area contributed by atoms with Crippen molar-refractivity contribution < 1.29 is 9.90 Å². The van der Waals surface area contributed by atoms with Crippen molar-refractivity contribution in [3.05, 3.63) is 0 Å². The Morgan fingerprint density at radius 2 is 2.21 bits per heavy atom. The second-order valence-corrected chi connectivity index (χ2v) is 4.44. The second-order valence-electron chi connectivity index (χ2n) is 4.44. The van der Waals surface area contributed by atoms with Crippen LogP contribution in [0.4, 0.5) is 0 Å². The zero-order chi connectivity index (χ0) is 10.8. The Morgan fingerprint density at radius 3 is 2.64 bits per heavy atom. The van der Waals surface area contributed by atoms with Crippen molar-refractivity contribution in [3.63, 3.8) is 0 Å². The average Bonchev–Trinajstić information content (AvgIpc) is 2.10. The molecule has 0 radical (unpaired) electrons. The molecule has 2 N–H and O–H groups in total. The average molecular weight is 196 g/mol. The molecule has 0 saturated heterocycles. The molecule has 1 saturated carbocycles. The Kier molecular flexibility index (Phi) is 3.12. The van der Waals surface area contributed by atoms with Crippen LogP contribution in [0.3, 0.4) is 0 Å². The molecule has 1 aliphatic rings. The minimum atomic E-state index is -0.956. The smallest absolute Gasteiger partial charge is 0.239 e. The lowest BCUT2D eigenvalue weighted by atomic mass is 9.82. The van der Waals surface area contributed by atoms with Crippen molar-refractivity contribution in [2.24, 2.45) is 11.3 Å². The molecule has 0 heterocycles. The van der Waals surface area contributed by atoms with Crippen molar-refractivity contribution in [2.45, 2.75) is 32.8 Å². The minimum Gasteiger partial charge on any atom is -0.393 e. The number of hydrogen-bond acceptors (Lipinski definition) is 3. The van der Waals surface area contributed by atoms with Gasteiger partial charge in [-0.2, -0.15) is 5.26 Å². The fourth-order valence-electron chi connectivity index (χ4n) is 1.38. The van der Waals surface area contributed by atoms with Crippen LogP contribution in [0.2, 0.25) is 0 Å². The summed E-state index contributed by atoms with van der Waals surface area (Å²) in [5.74, 6) is 0.143. The molecule has 0 aromatic heterocycles. The van der Waals surface area contributed by atoms with Crippen molar-refractivity contribution in [2.75, 3.05) is 6.54 Å². The van der Waals surface area contributed by atoms with Gasteiger partial charge in [-0.15, -0.1) is 0 Å². The maximum Gasteiger partial charge on any atom is 0.239 e. The van der Waals surface area contributed by atoms with Gasteiger partial charge in [0.2, 0.25) is 5.91 Å². The van der Waals surface area contributed by atoms with Gasteiger partial charge in [0.05, 0.1) is 12.2 Å². The van der Waals surface area contributed by atoms with E-state index in [1.54, 1.807) is 13.8 Å². The van der Waals surface area contributed by atoms with E-state index in [1.807, 2.05) is 6.07 Å². The predicted molar refractivity (Wildman–Crippen MR) is 51.1 cm³/mol. The topological polar surface area (TPSA) is 73.1 Å². The summed E-state index contributed by atoms with van der Waals surface area (Å²) >= 11 is 0. The van der Waals surface area contributed by atoms with E-state index in [-0.39, 0.29) is 12.0 Å². The Labute approximate surface area is 83.9 Å². The van der Waals surface area contributed by atoms with Crippen LogP contribution in [0, 0.1) is 22.7 Å². The van der Waals surface area contributed by atoms with Gasteiger partial charge in [-0.05, 0) is 32.6 Å². The maximum absolute atomic E-state index is 11.4. The summed E-state index contributed by atoms with van der Waals surface area (Å²) in [7, 11) is 0. The second kappa shape index (κ2) is 3.97. The molecule has 1 aliphatic carbocycles. The lowest BCUT2D eigenvalue weighted by Crippen LogP contribution is -2.42. The summed E-state index contributed by atoms with van der Waals surface area (Å²) in [5.41, 5.74) is -0.956. The number of amides is 1. The Balaban J connectivity index is 2.26. The van der Waals surface area contributed by atoms with Gasteiger partial charge >= 0.3 is 0 Å². The lowest BCUT2D eigenvalue weighted by molar-refractivity contribution is -0.127. The number of carbonyl (C=O) groups excluding carboxylic acids is 1. The summed E-state index contributed by atoms with van der Waals surface area (Å²) in [6.07, 6.45) is 1.32. The quantitative estimate of drug-likeness (QED) is 0.687. The van der Waals surface area contributed by atoms with E-state index in [9.17, 15) is 4.79 Å². The van der Waals surface area contributed by atoms with Gasteiger partial charge in [0, 0.05) is 6.54 Å². The molecule has 1 rings (SSSR count). The maximum atomic E-state index is 11.4. The molecule has 0 spiro atoms. The molecule has 14 heavy (non-hydrogen) atoms. The third-order valence-electron chi connectivity index (χ3n) is 2.61. The molecule has 1 amide bonds. The first-order valence-corrected chi connectivity index (χ1v) is 4.83. The van der Waals surface area contributed by atoms with Crippen molar-refractivity contribution >= 4 is 5.91 Å². The molecule has 4 nitrogen and oxygen atoms in total. The third kappa shape index (κ3) is 2.46. The molecule has 0 atom stereocenters. The van der Waals surface area contributed by atoms with E-state index < -0.39 is 5.41 Å². The molecule has 4 heteroatoms. The van der Waals surface area contributed by atoms with Gasteiger partial charge in [-0.25, -0.2) is 0 Å². The first kappa shape index (κ1) is 11.0. The summed E-state index contributed by atoms with van der Waals surface area (Å²) in [4.78, 5) is 11.4. The van der Waals surface area contributed by atoms with Gasteiger partial charge in [0.25, 0.3) is 0 Å². The Hall–Kier alpha value is -1.08. The Bertz CT molecular complexity index is 262. The molecule has 0 aliphatic heterocycles. The van der Waals surface area contributed by atoms with Gasteiger partial charge in [-0.3, -0.25) is 4.79 Å². The summed E-state index contributed by atoms with van der Waals surface area (Å²) in [6, 6.07) is 1.95. The Morgan fingerprint density at radius 1 is 1.64 bits per heavy atom. The number of nitrogens with zero attached hydrogens (tertiary/aromatic N) is 1. The van der Waals surface area contributed by atoms with Crippen LogP contribution in [0.15, 0.2) is 0 Å². The first-order valence-electron chi connectivity index (χ1n) is 4.83. The van der Waals surface area contributed by atoms with Crippen molar-refractivity contribution in [3.8, 4) is 6.07 Å². The van der Waals surface area contributed by atoms with E-state index in [0.717, 1.165) is 12.8 Å². The van der Waals surface area contributed by atoms with E-state index in [1.165, 1.54) is 0 Å². The number of hydrogen-bond donors (Lipinski definition) is 2. The molecular formula is C10H16N2O2. The third-order valence-corrected chi connectivity index (χ3v) is 2.61. The van der Waals surface area contributed by atoms with Crippen LogP contribution in [0.25, 0.3) is 0 Å². The molecular weight excluding hydrogens is 180 g/mol. The van der Waals surface area contributed by atoms with Crippen LogP contribution in [0.5, 0.6) is 0 Å². The number of rotatable bonds is 3. The number of carbonyl (C=O) groups is 1. The van der Waals surface area contributed by atoms with E-state index in [2.05, 4.69) is 5.32 Å². The van der Waals surface area contributed by atoms with Crippen LogP contribution >= 0.6 is 0 Å². The lowest BCUT2D eigenvalue weighted by Gasteiger charge is -2.31. The molecule has 0 unspecified atom stereocenters. The summed E-state index contributed by atoms with van der Waals surface area (Å²) in [6.45, 7) is 3.76. The fourth-order valence-corrected chi connectivity index (χ4v) is 1.38. The highest BCUT2D eigenvalue weighted by Gasteiger charge is 2.31. The van der Waals surface area contributed by atoms with Crippen LogP contribution in [0.1, 0.15) is 26.7 Å². The molecule has 78 valence electrons. The summed E-state index contributed by atoms with van der Waals surface area (Å²) < 4.78 is 0. The predicted octanol–water partition coefficient (Wildman–Crippen LogP) is 0.423. The number of aliphatic hydroxyl groups excluding tert-OH is 1. The highest BCUT2D eigenvalue weighted by molar-refractivity contribution is 5.84. The number of aliphatic hydroxyl groups is 1. The van der Waals surface area contributed by atoms with Crippen LogP contribution in [-0.2, 0) is 4.79 Å². The molecule has 1 fully saturated rings. The van der Waals surface area contributed by atoms with Crippen molar-refractivity contribution in [1.29, 1.82) is 5.26 Å². The zero-order valence-corrected chi connectivity index (χ0v) is 8.58. The van der Waals surface area contributed by atoms with Crippen LogP contribution in [-0.4, -0.2) is 23.7 Å². The molecule has 0 aromatic rings. The standard InChI is InChI=1S/C10H16N2O2/c1-10(2,6-11)9(14)12-5-7-3-8(13)4-7/h7-8,13H,3-5H2,1-2H3,(H,12,14). The SMILES string of the molecule is CC(C)(C#N)C(=O)NCC1CC(O)C1. The van der Waals surface area contributed by atoms with E-state index in [4.69, 9.17) is 10.4 Å². The van der Waals surface area contributed by atoms with Gasteiger partial charge in [-0.1, -0.05) is 0 Å². The monoisotopic (exact) mass is 196 g/mol. The number of nitrogens with one attached hydrogen (secondary N) is 1. The normalized spacial score (nSPS) is 26.1. The molecule has 0 bridgehead atoms. The van der Waals surface area contributed by atoms with E-state index >= 15 is 0 Å². The van der Waals surface area contributed by atoms with Crippen molar-refractivity contribution in [1.82, 2.24) is 5.32 Å². The van der Waals surface area contributed by atoms with Gasteiger partial charge in [0.15, 0.2) is 0 Å². The first-order chi connectivity index (χ1) is 6.45. The zero-order valence-electron chi connectivity index (χ0n) is 8.58. The van der Waals surface area contributed by atoms with Gasteiger partial charge < -0.3 is 10.4 Å². The van der Waals surface area contributed by atoms with Gasteiger partial charge in [0.1, 0.15) is 5.41 Å². The molecule has 0 aromatic carbocycles. The summed E-state index contributed by atoms with van der Waals surface area (Å²) in [5, 5.41) is 20.4. The highest BCUT2D eigenvalue weighted by Crippen LogP contribution is 2.26. The largest absolute Gasteiger partial charge is 0.393 e.